The van der Waals surface area contributed by atoms with Crippen LogP contribution >= 0.6 is 27.5 Å². The maximum absolute atomic E-state index is 6.22. The van der Waals surface area contributed by atoms with Gasteiger partial charge in [0.05, 0.1) is 18.7 Å². The standard InChI is InChI=1S/C24H25BrClNO3/c1-28-20-9-7-17(8-10-20)11-12-27-15-18-13-21(25)24(23(14-18)29-2)30-16-19-5-3-4-6-22(19)26/h3-10,13-14,27H,11-12,15-16H2,1-2H3. The van der Waals surface area contributed by atoms with Crippen molar-refractivity contribution in [3.8, 4) is 17.2 Å². The monoisotopic (exact) mass is 489 g/mol. The minimum atomic E-state index is 0.369. The molecule has 3 aromatic carbocycles. The summed E-state index contributed by atoms with van der Waals surface area (Å²) in [6.45, 7) is 1.97. The maximum atomic E-state index is 6.22. The molecule has 0 saturated carbocycles. The summed E-state index contributed by atoms with van der Waals surface area (Å²) in [6, 6.07) is 19.8. The van der Waals surface area contributed by atoms with Crippen LogP contribution in [0.3, 0.4) is 0 Å². The third-order valence-electron chi connectivity index (χ3n) is 4.70. The Kier molecular flexibility index (Phi) is 8.43. The van der Waals surface area contributed by atoms with Gasteiger partial charge in [-0.05, 0) is 70.4 Å². The van der Waals surface area contributed by atoms with Crippen molar-refractivity contribution in [3.63, 3.8) is 0 Å². The van der Waals surface area contributed by atoms with Crippen molar-refractivity contribution in [2.75, 3.05) is 20.8 Å². The zero-order chi connectivity index (χ0) is 21.3. The second kappa shape index (κ2) is 11.3. The average molecular weight is 491 g/mol. The van der Waals surface area contributed by atoms with Gasteiger partial charge in [0.25, 0.3) is 0 Å². The van der Waals surface area contributed by atoms with Crippen LogP contribution in [0.25, 0.3) is 0 Å². The van der Waals surface area contributed by atoms with Crippen LogP contribution in [0.1, 0.15) is 16.7 Å². The molecule has 0 radical (unpaired) electrons. The number of hydrogen-bond acceptors (Lipinski definition) is 4. The Hall–Kier alpha value is -2.21. The number of methoxy groups -OCH3 is 2. The Morgan fingerprint density at radius 2 is 1.70 bits per heavy atom. The summed E-state index contributed by atoms with van der Waals surface area (Å²) in [7, 11) is 3.32. The molecule has 4 nitrogen and oxygen atoms in total. The summed E-state index contributed by atoms with van der Waals surface area (Å²) in [6.07, 6.45) is 0.946. The Labute approximate surface area is 191 Å². The number of hydrogen-bond donors (Lipinski definition) is 1. The lowest BCUT2D eigenvalue weighted by atomic mass is 10.1. The number of ether oxygens (including phenoxy) is 3. The molecule has 6 heteroatoms. The summed E-state index contributed by atoms with van der Waals surface area (Å²) in [5.41, 5.74) is 3.31. The first-order chi connectivity index (χ1) is 14.6. The molecule has 0 aliphatic rings. The van der Waals surface area contributed by atoms with E-state index in [-0.39, 0.29) is 0 Å². The first kappa shape index (κ1) is 22.5. The molecule has 0 bridgehead atoms. The van der Waals surface area contributed by atoms with Crippen LogP contribution < -0.4 is 19.5 Å². The lowest BCUT2D eigenvalue weighted by molar-refractivity contribution is 0.282. The van der Waals surface area contributed by atoms with E-state index in [0.717, 1.165) is 40.9 Å². The van der Waals surface area contributed by atoms with Gasteiger partial charge in [0, 0.05) is 17.1 Å². The lowest BCUT2D eigenvalue weighted by Gasteiger charge is -2.15. The highest BCUT2D eigenvalue weighted by Crippen LogP contribution is 2.37. The molecule has 0 aromatic heterocycles. The van der Waals surface area contributed by atoms with E-state index in [4.69, 9.17) is 25.8 Å². The van der Waals surface area contributed by atoms with Crippen molar-refractivity contribution in [2.45, 2.75) is 19.6 Å². The van der Waals surface area contributed by atoms with Gasteiger partial charge >= 0.3 is 0 Å². The summed E-state index contributed by atoms with van der Waals surface area (Å²) in [5.74, 6) is 2.23. The fourth-order valence-electron chi connectivity index (χ4n) is 3.04. The molecular formula is C24H25BrClNO3. The first-order valence-corrected chi connectivity index (χ1v) is 10.8. The molecule has 30 heavy (non-hydrogen) atoms. The number of halogens is 2. The van der Waals surface area contributed by atoms with Crippen LogP contribution in [-0.2, 0) is 19.6 Å². The predicted molar refractivity (Wildman–Crippen MR) is 125 cm³/mol. The predicted octanol–water partition coefficient (Wildman–Crippen LogP) is 6.03. The number of benzene rings is 3. The van der Waals surface area contributed by atoms with Gasteiger partial charge in [0.15, 0.2) is 11.5 Å². The van der Waals surface area contributed by atoms with Crippen molar-refractivity contribution in [1.82, 2.24) is 5.32 Å². The van der Waals surface area contributed by atoms with Crippen LogP contribution in [0.4, 0.5) is 0 Å². The van der Waals surface area contributed by atoms with E-state index in [9.17, 15) is 0 Å². The highest BCUT2D eigenvalue weighted by atomic mass is 79.9. The quantitative estimate of drug-likeness (QED) is 0.352. The average Bonchev–Trinajstić information content (AvgIpc) is 2.77. The molecule has 0 amide bonds. The van der Waals surface area contributed by atoms with Gasteiger partial charge in [0.1, 0.15) is 12.4 Å². The molecule has 3 aromatic rings. The summed E-state index contributed by atoms with van der Waals surface area (Å²) in [5, 5.41) is 4.16. The molecule has 0 aliphatic heterocycles. The third kappa shape index (κ3) is 6.14. The topological polar surface area (TPSA) is 39.7 Å². The second-order valence-electron chi connectivity index (χ2n) is 6.76. The Balaban J connectivity index is 1.57. The smallest absolute Gasteiger partial charge is 0.175 e. The third-order valence-corrected chi connectivity index (χ3v) is 5.66. The van der Waals surface area contributed by atoms with Crippen LogP contribution in [0, 0.1) is 0 Å². The van der Waals surface area contributed by atoms with Gasteiger partial charge in [-0.15, -0.1) is 0 Å². The Bertz CT molecular complexity index is 963. The Morgan fingerprint density at radius 3 is 2.40 bits per heavy atom. The minimum absolute atomic E-state index is 0.369. The molecule has 0 aliphatic carbocycles. The molecule has 0 unspecified atom stereocenters. The highest BCUT2D eigenvalue weighted by Gasteiger charge is 2.13. The van der Waals surface area contributed by atoms with E-state index in [0.29, 0.717) is 23.1 Å². The van der Waals surface area contributed by atoms with E-state index in [1.165, 1.54) is 5.56 Å². The zero-order valence-corrected chi connectivity index (χ0v) is 19.4. The fourth-order valence-corrected chi connectivity index (χ4v) is 3.83. The van der Waals surface area contributed by atoms with Crippen LogP contribution in [-0.4, -0.2) is 20.8 Å². The molecule has 0 saturated heterocycles. The van der Waals surface area contributed by atoms with Crippen molar-refractivity contribution in [3.05, 3.63) is 86.8 Å². The van der Waals surface area contributed by atoms with Gasteiger partial charge in [-0.3, -0.25) is 0 Å². The number of nitrogens with one attached hydrogen (secondary N) is 1. The van der Waals surface area contributed by atoms with E-state index in [2.05, 4.69) is 33.4 Å². The minimum Gasteiger partial charge on any atom is -0.497 e. The maximum Gasteiger partial charge on any atom is 0.175 e. The molecule has 0 spiro atoms. The van der Waals surface area contributed by atoms with Crippen LogP contribution in [0.5, 0.6) is 17.2 Å². The summed E-state index contributed by atoms with van der Waals surface area (Å²) in [4.78, 5) is 0. The van der Waals surface area contributed by atoms with E-state index >= 15 is 0 Å². The fraction of sp³-hybridized carbons (Fsp3) is 0.250. The molecule has 0 heterocycles. The zero-order valence-electron chi connectivity index (χ0n) is 17.1. The number of rotatable bonds is 10. The van der Waals surface area contributed by atoms with Gasteiger partial charge in [-0.2, -0.15) is 0 Å². The van der Waals surface area contributed by atoms with Gasteiger partial charge < -0.3 is 19.5 Å². The van der Waals surface area contributed by atoms with Gasteiger partial charge in [-0.1, -0.05) is 41.9 Å². The molecule has 0 atom stereocenters. The molecule has 3 rings (SSSR count). The van der Waals surface area contributed by atoms with Gasteiger partial charge in [-0.25, -0.2) is 0 Å². The first-order valence-electron chi connectivity index (χ1n) is 9.67. The Morgan fingerprint density at radius 1 is 0.933 bits per heavy atom. The van der Waals surface area contributed by atoms with E-state index in [1.807, 2.05) is 48.5 Å². The van der Waals surface area contributed by atoms with Crippen molar-refractivity contribution >= 4 is 27.5 Å². The normalized spacial score (nSPS) is 10.7. The lowest BCUT2D eigenvalue weighted by Crippen LogP contribution is -2.16. The molecule has 0 fully saturated rings. The second-order valence-corrected chi connectivity index (χ2v) is 8.03. The van der Waals surface area contributed by atoms with Crippen LogP contribution in [0.2, 0.25) is 5.02 Å². The highest BCUT2D eigenvalue weighted by molar-refractivity contribution is 9.10. The largest absolute Gasteiger partial charge is 0.497 e. The van der Waals surface area contributed by atoms with E-state index in [1.54, 1.807) is 14.2 Å². The van der Waals surface area contributed by atoms with E-state index < -0.39 is 0 Å². The van der Waals surface area contributed by atoms with Crippen molar-refractivity contribution < 1.29 is 14.2 Å². The summed E-state index contributed by atoms with van der Waals surface area (Å²) < 4.78 is 17.6. The van der Waals surface area contributed by atoms with Crippen LogP contribution in [0.15, 0.2) is 65.1 Å². The molecule has 1 N–H and O–H groups in total. The van der Waals surface area contributed by atoms with Gasteiger partial charge in [0.2, 0.25) is 0 Å². The summed E-state index contributed by atoms with van der Waals surface area (Å²) >= 11 is 9.83. The van der Waals surface area contributed by atoms with Crippen molar-refractivity contribution in [1.29, 1.82) is 0 Å². The van der Waals surface area contributed by atoms with Crippen molar-refractivity contribution in [2.24, 2.45) is 0 Å². The molecular weight excluding hydrogens is 466 g/mol. The SMILES string of the molecule is COc1ccc(CCNCc2cc(Br)c(OCc3ccccc3Cl)c(OC)c2)cc1. The molecule has 158 valence electrons.